The molecule has 1 aliphatic heterocycles. The highest BCUT2D eigenvalue weighted by Gasteiger charge is 2.32. The minimum atomic E-state index is -0.765. The molecule has 1 saturated carbocycles. The van der Waals surface area contributed by atoms with Gasteiger partial charge in [-0.05, 0) is 57.8 Å². The van der Waals surface area contributed by atoms with Crippen LogP contribution >= 0.6 is 0 Å². The lowest BCUT2D eigenvalue weighted by Gasteiger charge is -2.23. The molecule has 4 rings (SSSR count). The van der Waals surface area contributed by atoms with Crippen LogP contribution in [0.4, 0.5) is 10.6 Å². The van der Waals surface area contributed by atoms with Gasteiger partial charge < -0.3 is 19.9 Å². The number of carbonyl (C=O) groups excluding carboxylic acids is 2. The minimum absolute atomic E-state index is 0.00644. The van der Waals surface area contributed by atoms with Crippen molar-refractivity contribution in [1.29, 1.82) is 0 Å². The van der Waals surface area contributed by atoms with Crippen LogP contribution in [0.25, 0.3) is 11.7 Å². The van der Waals surface area contributed by atoms with Crippen LogP contribution in [0.2, 0.25) is 0 Å². The second kappa shape index (κ2) is 10.4. The molecule has 2 aromatic heterocycles. The monoisotopic (exact) mass is 529 g/mol. The Balaban J connectivity index is 1.91. The van der Waals surface area contributed by atoms with Crippen molar-refractivity contribution < 1.29 is 24.2 Å². The van der Waals surface area contributed by atoms with E-state index in [9.17, 15) is 19.5 Å². The summed E-state index contributed by atoms with van der Waals surface area (Å²) in [7, 11) is 0. The fourth-order valence-corrected chi connectivity index (χ4v) is 4.35. The standard InChI is InChI=1S/C27H39N5O6/c1-26(2,3)15-31-22-18(10-7-16-11-13-37-14-12-16)20(29-25(36)38-27(4,5)6)30-32(22)24(35)19(23(31)34)21(33)28-17-8-9-17/h7,10,16-17,34H,8-9,11-15H2,1-6H3,(H,28,33)(H,29,30,36)/b10-7+. The van der Waals surface area contributed by atoms with Crippen LogP contribution in [-0.2, 0) is 16.0 Å². The molecular weight excluding hydrogens is 490 g/mol. The summed E-state index contributed by atoms with van der Waals surface area (Å²) >= 11 is 0. The molecule has 0 spiro atoms. The number of aromatic nitrogens is 3. The molecule has 0 aromatic carbocycles. The number of hydrogen-bond acceptors (Lipinski definition) is 7. The van der Waals surface area contributed by atoms with Gasteiger partial charge in [0.1, 0.15) is 5.60 Å². The number of nitrogens with one attached hydrogen (secondary N) is 2. The van der Waals surface area contributed by atoms with Crippen molar-refractivity contribution in [2.75, 3.05) is 18.5 Å². The second-order valence-electron chi connectivity index (χ2n) is 12.3. The Labute approximate surface area is 222 Å². The lowest BCUT2D eigenvalue weighted by molar-refractivity contribution is 0.0634. The van der Waals surface area contributed by atoms with Gasteiger partial charge >= 0.3 is 6.09 Å². The second-order valence-corrected chi connectivity index (χ2v) is 12.3. The van der Waals surface area contributed by atoms with Crippen LogP contribution < -0.4 is 16.2 Å². The van der Waals surface area contributed by atoms with Crippen LogP contribution in [0.3, 0.4) is 0 Å². The summed E-state index contributed by atoms with van der Waals surface area (Å²) in [5.74, 6) is -0.731. The van der Waals surface area contributed by atoms with E-state index in [1.165, 1.54) is 4.57 Å². The van der Waals surface area contributed by atoms with Gasteiger partial charge in [-0.2, -0.15) is 4.52 Å². The van der Waals surface area contributed by atoms with Crippen molar-refractivity contribution in [2.45, 2.75) is 85.4 Å². The zero-order valence-electron chi connectivity index (χ0n) is 23.1. The number of aromatic hydroxyl groups is 1. The minimum Gasteiger partial charge on any atom is -0.494 e. The molecule has 2 aromatic rings. The van der Waals surface area contributed by atoms with E-state index in [-0.39, 0.29) is 40.9 Å². The molecule has 208 valence electrons. The van der Waals surface area contributed by atoms with Gasteiger partial charge in [0.2, 0.25) is 5.88 Å². The number of anilines is 1. The summed E-state index contributed by atoms with van der Waals surface area (Å²) < 4.78 is 13.5. The van der Waals surface area contributed by atoms with E-state index in [4.69, 9.17) is 9.47 Å². The molecule has 3 N–H and O–H groups in total. The zero-order chi connectivity index (χ0) is 27.8. The number of allylic oxidation sites excluding steroid dienone is 1. The maximum atomic E-state index is 13.6. The Hall–Kier alpha value is -3.34. The van der Waals surface area contributed by atoms with E-state index in [1.54, 1.807) is 20.8 Å². The molecular formula is C27H39N5O6. The molecule has 11 nitrogen and oxygen atoms in total. The number of nitrogens with zero attached hydrogens (tertiary/aromatic N) is 3. The third kappa shape index (κ3) is 6.56. The van der Waals surface area contributed by atoms with Gasteiger partial charge in [-0.3, -0.25) is 19.5 Å². The lowest BCUT2D eigenvalue weighted by Crippen LogP contribution is -2.35. The van der Waals surface area contributed by atoms with Gasteiger partial charge in [-0.25, -0.2) is 4.79 Å². The molecule has 1 saturated heterocycles. The van der Waals surface area contributed by atoms with Crippen LogP contribution in [0.1, 0.15) is 83.1 Å². The maximum Gasteiger partial charge on any atom is 0.413 e. The number of amides is 2. The SMILES string of the molecule is CC(C)(C)Cn1c(O)c(C(=O)NC2CC2)c(=O)n2nc(NC(=O)OC(C)(C)C)c(/C=C/C3CCOCC3)c12. The van der Waals surface area contributed by atoms with E-state index in [2.05, 4.69) is 15.7 Å². The summed E-state index contributed by atoms with van der Waals surface area (Å²) in [6.45, 7) is 12.8. The van der Waals surface area contributed by atoms with Crippen LogP contribution in [0.15, 0.2) is 10.9 Å². The number of hydrogen-bond donors (Lipinski definition) is 3. The Bertz CT molecular complexity index is 1300. The number of ether oxygens (including phenoxy) is 2. The molecule has 3 heterocycles. The smallest absolute Gasteiger partial charge is 0.413 e. The average molecular weight is 530 g/mol. The highest BCUT2D eigenvalue weighted by molar-refractivity contribution is 5.97. The molecule has 2 aliphatic rings. The predicted octanol–water partition coefficient (Wildman–Crippen LogP) is 3.93. The van der Waals surface area contributed by atoms with E-state index in [0.29, 0.717) is 18.8 Å². The summed E-state index contributed by atoms with van der Waals surface area (Å²) in [6, 6.07) is -0.00644. The molecule has 0 atom stereocenters. The molecule has 2 fully saturated rings. The normalized spacial score (nSPS) is 17.2. The van der Waals surface area contributed by atoms with Crippen molar-refractivity contribution in [2.24, 2.45) is 11.3 Å². The highest BCUT2D eigenvalue weighted by Crippen LogP contribution is 2.31. The maximum absolute atomic E-state index is 13.6. The first-order valence-corrected chi connectivity index (χ1v) is 13.2. The summed E-state index contributed by atoms with van der Waals surface area (Å²) in [6.07, 6.45) is 6.44. The summed E-state index contributed by atoms with van der Waals surface area (Å²) in [4.78, 5) is 39.3. The Morgan fingerprint density at radius 2 is 1.79 bits per heavy atom. The Morgan fingerprint density at radius 1 is 1.13 bits per heavy atom. The third-order valence-electron chi connectivity index (χ3n) is 6.23. The quantitative estimate of drug-likeness (QED) is 0.516. The number of carbonyl (C=O) groups is 2. The van der Waals surface area contributed by atoms with Crippen LogP contribution in [0.5, 0.6) is 5.88 Å². The van der Waals surface area contributed by atoms with Crippen molar-refractivity contribution in [3.63, 3.8) is 0 Å². The predicted molar refractivity (Wildman–Crippen MR) is 143 cm³/mol. The topological polar surface area (TPSA) is 136 Å². The van der Waals surface area contributed by atoms with E-state index in [0.717, 1.165) is 30.2 Å². The molecule has 0 radical (unpaired) electrons. The Morgan fingerprint density at radius 3 is 2.37 bits per heavy atom. The number of fused-ring (bicyclic) bond motifs is 1. The zero-order valence-corrected chi connectivity index (χ0v) is 23.1. The highest BCUT2D eigenvalue weighted by atomic mass is 16.6. The first kappa shape index (κ1) is 27.7. The molecule has 11 heteroatoms. The summed E-state index contributed by atoms with van der Waals surface area (Å²) in [5, 5.41) is 21.2. The molecule has 0 bridgehead atoms. The molecule has 0 unspecified atom stereocenters. The average Bonchev–Trinajstić information content (AvgIpc) is 3.53. The van der Waals surface area contributed by atoms with Gasteiger partial charge in [-0.15, -0.1) is 5.10 Å². The third-order valence-corrected chi connectivity index (χ3v) is 6.23. The first-order chi connectivity index (χ1) is 17.7. The van der Waals surface area contributed by atoms with E-state index in [1.807, 2.05) is 32.9 Å². The lowest BCUT2D eigenvalue weighted by atomic mass is 9.96. The van der Waals surface area contributed by atoms with Gasteiger partial charge in [0, 0.05) is 25.8 Å². The van der Waals surface area contributed by atoms with Gasteiger partial charge in [-0.1, -0.05) is 32.9 Å². The molecule has 2 amide bonds. The van der Waals surface area contributed by atoms with E-state index < -0.39 is 29.0 Å². The van der Waals surface area contributed by atoms with Crippen molar-refractivity contribution in [1.82, 2.24) is 19.5 Å². The van der Waals surface area contributed by atoms with E-state index >= 15 is 0 Å². The first-order valence-electron chi connectivity index (χ1n) is 13.2. The van der Waals surface area contributed by atoms with Gasteiger partial charge in [0.15, 0.2) is 17.0 Å². The van der Waals surface area contributed by atoms with Gasteiger partial charge in [0.05, 0.1) is 5.56 Å². The molecule has 38 heavy (non-hydrogen) atoms. The fraction of sp³-hybridized carbons (Fsp3) is 0.630. The van der Waals surface area contributed by atoms with Crippen molar-refractivity contribution >= 4 is 29.5 Å². The van der Waals surface area contributed by atoms with Crippen molar-refractivity contribution in [3.8, 4) is 5.88 Å². The van der Waals surface area contributed by atoms with Crippen LogP contribution in [0, 0.1) is 11.3 Å². The fourth-order valence-electron chi connectivity index (χ4n) is 4.35. The molecule has 1 aliphatic carbocycles. The largest absolute Gasteiger partial charge is 0.494 e. The Kier molecular flexibility index (Phi) is 7.60. The summed E-state index contributed by atoms with van der Waals surface area (Å²) in [5.41, 5.74) is -1.50. The van der Waals surface area contributed by atoms with Gasteiger partial charge in [0.25, 0.3) is 11.5 Å². The van der Waals surface area contributed by atoms with Crippen LogP contribution in [-0.4, -0.2) is 56.1 Å². The van der Waals surface area contributed by atoms with Crippen molar-refractivity contribution in [3.05, 3.63) is 27.6 Å². The number of rotatable bonds is 6.